The van der Waals surface area contributed by atoms with Crippen LogP contribution in [0.15, 0.2) is 40.9 Å². The van der Waals surface area contributed by atoms with Crippen LogP contribution >= 0.6 is 11.3 Å². The highest BCUT2D eigenvalue weighted by atomic mass is 32.1. The number of methoxy groups -OCH3 is 1. The second kappa shape index (κ2) is 9.38. The Bertz CT molecular complexity index is 997. The van der Waals surface area contributed by atoms with Crippen LogP contribution in [0.5, 0.6) is 0 Å². The number of alkyl halides is 1. The van der Waals surface area contributed by atoms with Crippen LogP contribution in [0.1, 0.15) is 62.4 Å². The fourth-order valence-corrected chi connectivity index (χ4v) is 5.03. The summed E-state index contributed by atoms with van der Waals surface area (Å²) in [5.74, 6) is 0. The van der Waals surface area contributed by atoms with Crippen LogP contribution in [0.4, 0.5) is 9.18 Å². The minimum absolute atomic E-state index is 0.185. The van der Waals surface area contributed by atoms with Gasteiger partial charge in [-0.3, -0.25) is 0 Å². The standard InChI is InChI=1S/C24H30FN3O4S/c1-23(2,3)31-22(29)28-12-10-24(25,11-13-28)21-26-18(15-33-21)17-14-19(32-27-17)20(30-4)16-8-6-5-7-9-16/h5-9,15,19-20H,10-14H2,1-4H3. The molecule has 1 aromatic carbocycles. The lowest BCUT2D eigenvalue weighted by Crippen LogP contribution is -2.45. The Morgan fingerprint density at radius 3 is 2.61 bits per heavy atom. The van der Waals surface area contributed by atoms with E-state index in [1.165, 1.54) is 11.3 Å². The highest BCUT2D eigenvalue weighted by Gasteiger charge is 2.41. The summed E-state index contributed by atoms with van der Waals surface area (Å²) in [4.78, 5) is 24.1. The van der Waals surface area contributed by atoms with Gasteiger partial charge in [0.1, 0.15) is 22.4 Å². The molecule has 3 heterocycles. The van der Waals surface area contributed by atoms with Gasteiger partial charge in [0.2, 0.25) is 0 Å². The van der Waals surface area contributed by atoms with Crippen LogP contribution < -0.4 is 0 Å². The number of piperidine rings is 1. The van der Waals surface area contributed by atoms with Crippen LogP contribution in [-0.2, 0) is 20.0 Å². The summed E-state index contributed by atoms with van der Waals surface area (Å²) in [6, 6.07) is 9.86. The van der Waals surface area contributed by atoms with E-state index in [9.17, 15) is 4.79 Å². The Balaban J connectivity index is 1.38. The van der Waals surface area contributed by atoms with E-state index in [1.54, 1.807) is 12.0 Å². The van der Waals surface area contributed by atoms with Crippen molar-refractivity contribution in [2.45, 2.75) is 63.5 Å². The molecule has 4 rings (SSSR count). The summed E-state index contributed by atoms with van der Waals surface area (Å²) < 4.78 is 26.8. The van der Waals surface area contributed by atoms with Crippen molar-refractivity contribution in [3.8, 4) is 0 Å². The molecule has 7 nitrogen and oxygen atoms in total. The highest BCUT2D eigenvalue weighted by molar-refractivity contribution is 7.10. The van der Waals surface area contributed by atoms with Crippen molar-refractivity contribution in [1.82, 2.24) is 9.88 Å². The van der Waals surface area contributed by atoms with Crippen LogP contribution in [0.3, 0.4) is 0 Å². The smallest absolute Gasteiger partial charge is 0.410 e. The van der Waals surface area contributed by atoms with Gasteiger partial charge in [0.25, 0.3) is 0 Å². The fourth-order valence-electron chi connectivity index (χ4n) is 4.05. The molecule has 1 amide bonds. The third-order valence-electron chi connectivity index (χ3n) is 5.80. The number of carbonyl (C=O) groups excluding carboxylic acids is 1. The molecule has 0 spiro atoms. The first-order valence-electron chi connectivity index (χ1n) is 11.1. The van der Waals surface area contributed by atoms with Crippen molar-refractivity contribution in [2.75, 3.05) is 20.2 Å². The van der Waals surface area contributed by atoms with E-state index < -0.39 is 17.4 Å². The Hall–Kier alpha value is -2.52. The topological polar surface area (TPSA) is 73.2 Å². The third kappa shape index (κ3) is 5.35. The van der Waals surface area contributed by atoms with E-state index in [0.717, 1.165) is 5.56 Å². The lowest BCUT2D eigenvalue weighted by Gasteiger charge is -2.36. The molecule has 2 aliphatic heterocycles. The second-order valence-corrected chi connectivity index (χ2v) is 10.3. The SMILES string of the molecule is COC(c1ccccc1)C1CC(c2csc(C3(F)CCN(C(=O)OC(C)(C)C)CC3)n2)=NO1. The molecule has 2 atom stereocenters. The zero-order chi connectivity index (χ0) is 23.6. The monoisotopic (exact) mass is 475 g/mol. The molecule has 1 fully saturated rings. The molecule has 0 N–H and O–H groups in total. The van der Waals surface area contributed by atoms with Crippen molar-refractivity contribution in [3.63, 3.8) is 0 Å². The molecular formula is C24H30FN3O4S. The van der Waals surface area contributed by atoms with Gasteiger partial charge < -0.3 is 19.2 Å². The fraction of sp³-hybridized carbons (Fsp3) is 0.542. The molecule has 0 bridgehead atoms. The van der Waals surface area contributed by atoms with E-state index in [0.29, 0.717) is 35.9 Å². The van der Waals surface area contributed by atoms with Crippen molar-refractivity contribution < 1.29 is 23.5 Å². The quantitative estimate of drug-likeness (QED) is 0.593. The van der Waals surface area contributed by atoms with E-state index in [-0.39, 0.29) is 25.0 Å². The van der Waals surface area contributed by atoms with Crippen LogP contribution in [0.25, 0.3) is 0 Å². The Labute approximate surface area is 197 Å². The summed E-state index contributed by atoms with van der Waals surface area (Å²) in [5.41, 5.74) is 0.192. The number of oxime groups is 1. The van der Waals surface area contributed by atoms with Crippen LogP contribution in [0.2, 0.25) is 0 Å². The number of hydrogen-bond acceptors (Lipinski definition) is 7. The molecule has 2 unspecified atom stereocenters. The van der Waals surface area contributed by atoms with Gasteiger partial charge in [-0.2, -0.15) is 0 Å². The number of benzene rings is 1. The van der Waals surface area contributed by atoms with Crippen molar-refractivity contribution >= 4 is 23.1 Å². The van der Waals surface area contributed by atoms with Gasteiger partial charge in [-0.25, -0.2) is 14.2 Å². The lowest BCUT2D eigenvalue weighted by molar-refractivity contribution is -0.0412. The molecule has 1 saturated heterocycles. The number of amides is 1. The Morgan fingerprint density at radius 1 is 1.27 bits per heavy atom. The molecule has 0 saturated carbocycles. The second-order valence-electron chi connectivity index (χ2n) is 9.42. The largest absolute Gasteiger partial charge is 0.444 e. The average Bonchev–Trinajstić information content (AvgIpc) is 3.45. The maximum Gasteiger partial charge on any atom is 0.410 e. The highest BCUT2D eigenvalue weighted by Crippen LogP contribution is 2.39. The predicted molar refractivity (Wildman–Crippen MR) is 124 cm³/mol. The first kappa shape index (κ1) is 23.6. The molecule has 2 aliphatic rings. The number of thiazole rings is 1. The minimum Gasteiger partial charge on any atom is -0.444 e. The third-order valence-corrected chi connectivity index (χ3v) is 6.82. The first-order chi connectivity index (χ1) is 15.7. The number of nitrogens with zero attached hydrogens (tertiary/aromatic N) is 3. The number of rotatable bonds is 5. The van der Waals surface area contributed by atoms with E-state index in [4.69, 9.17) is 14.3 Å². The van der Waals surface area contributed by atoms with E-state index >= 15 is 4.39 Å². The zero-order valence-corrected chi connectivity index (χ0v) is 20.2. The maximum absolute atomic E-state index is 15.7. The predicted octanol–water partition coefficient (Wildman–Crippen LogP) is 5.22. The van der Waals surface area contributed by atoms with Crippen molar-refractivity contribution in [1.29, 1.82) is 0 Å². The number of hydrogen-bond donors (Lipinski definition) is 0. The Kier molecular flexibility index (Phi) is 6.72. The number of ether oxygens (including phenoxy) is 2. The number of aromatic nitrogens is 1. The summed E-state index contributed by atoms with van der Waals surface area (Å²) in [6.07, 6.45) is -0.0274. The molecule has 1 aromatic heterocycles. The molecule has 2 aromatic rings. The lowest BCUT2D eigenvalue weighted by atomic mass is 9.94. The molecule has 0 aliphatic carbocycles. The summed E-state index contributed by atoms with van der Waals surface area (Å²) >= 11 is 1.28. The van der Waals surface area contributed by atoms with Crippen LogP contribution in [0, 0.1) is 0 Å². The molecule has 178 valence electrons. The van der Waals surface area contributed by atoms with Gasteiger partial charge in [-0.1, -0.05) is 35.5 Å². The zero-order valence-electron chi connectivity index (χ0n) is 19.4. The normalized spacial score (nSPS) is 21.3. The minimum atomic E-state index is -1.57. The molecule has 33 heavy (non-hydrogen) atoms. The van der Waals surface area contributed by atoms with Gasteiger partial charge in [0, 0.05) is 44.8 Å². The van der Waals surface area contributed by atoms with Gasteiger partial charge >= 0.3 is 6.09 Å². The van der Waals surface area contributed by atoms with Crippen LogP contribution in [-0.4, -0.2) is 53.6 Å². The maximum atomic E-state index is 15.7. The molecule has 0 radical (unpaired) electrons. The summed E-state index contributed by atoms with van der Waals surface area (Å²) in [7, 11) is 1.65. The Morgan fingerprint density at radius 2 is 1.97 bits per heavy atom. The number of carbonyl (C=O) groups is 1. The summed E-state index contributed by atoms with van der Waals surface area (Å²) in [5, 5.41) is 6.46. The summed E-state index contributed by atoms with van der Waals surface area (Å²) in [6.45, 7) is 6.04. The van der Waals surface area contributed by atoms with Gasteiger partial charge in [-0.05, 0) is 26.3 Å². The number of likely N-dealkylation sites (tertiary alicyclic amines) is 1. The van der Waals surface area contributed by atoms with Gasteiger partial charge in [-0.15, -0.1) is 11.3 Å². The van der Waals surface area contributed by atoms with Gasteiger partial charge in [0.15, 0.2) is 11.8 Å². The van der Waals surface area contributed by atoms with Crippen molar-refractivity contribution in [3.05, 3.63) is 52.0 Å². The molecule has 9 heteroatoms. The number of halogens is 1. The van der Waals surface area contributed by atoms with E-state index in [2.05, 4.69) is 10.1 Å². The molecular weight excluding hydrogens is 445 g/mol. The van der Waals surface area contributed by atoms with Crippen molar-refractivity contribution in [2.24, 2.45) is 5.16 Å². The average molecular weight is 476 g/mol. The van der Waals surface area contributed by atoms with E-state index in [1.807, 2.05) is 56.5 Å². The van der Waals surface area contributed by atoms with Gasteiger partial charge in [0.05, 0.1) is 5.69 Å². The first-order valence-corrected chi connectivity index (χ1v) is 12.0.